The molecule has 0 fully saturated rings. The summed E-state index contributed by atoms with van der Waals surface area (Å²) in [5.41, 5.74) is 0.188. The van der Waals surface area contributed by atoms with E-state index in [0.29, 0.717) is 5.69 Å². The summed E-state index contributed by atoms with van der Waals surface area (Å²) in [5, 5.41) is 24.2. The molecule has 14 heteroatoms. The van der Waals surface area contributed by atoms with Crippen LogP contribution in [-0.2, 0) is 10.3 Å². The van der Waals surface area contributed by atoms with Crippen molar-refractivity contribution in [2.75, 3.05) is 5.32 Å². The van der Waals surface area contributed by atoms with E-state index in [1.165, 1.54) is 6.07 Å². The topological polar surface area (TPSA) is 160 Å². The van der Waals surface area contributed by atoms with Crippen molar-refractivity contribution >= 4 is 39.6 Å². The zero-order chi connectivity index (χ0) is 18.6. The molecule has 0 amide bonds. The number of amidine groups is 1. The number of rotatable bonds is 5. The van der Waals surface area contributed by atoms with Crippen LogP contribution in [-0.4, -0.2) is 29.3 Å². The van der Waals surface area contributed by atoms with Crippen molar-refractivity contribution in [1.82, 2.24) is 9.97 Å². The van der Waals surface area contributed by atoms with E-state index in [1.807, 2.05) is 5.32 Å². The van der Waals surface area contributed by atoms with Crippen molar-refractivity contribution in [2.45, 2.75) is 6.92 Å². The molecule has 0 bridgehead atoms. The summed E-state index contributed by atoms with van der Waals surface area (Å²) in [5.74, 6) is -0.485. The summed E-state index contributed by atoms with van der Waals surface area (Å²) in [6.45, 7) is 1.59. The minimum absolute atomic E-state index is 0. The minimum atomic E-state index is -4.65. The van der Waals surface area contributed by atoms with Gasteiger partial charge in [0.25, 0.3) is 5.69 Å². The number of benzene rings is 1. The van der Waals surface area contributed by atoms with Crippen LogP contribution in [0, 0.1) is 17.0 Å². The Balaban J connectivity index is 0.00000338. The van der Waals surface area contributed by atoms with E-state index in [9.17, 15) is 23.6 Å². The molecule has 2 rings (SSSR count). The van der Waals surface area contributed by atoms with Crippen LogP contribution < -0.4 is 44.2 Å². The number of anilines is 1. The third-order valence-corrected chi connectivity index (χ3v) is 3.47. The van der Waals surface area contributed by atoms with Crippen molar-refractivity contribution in [3.63, 3.8) is 0 Å². The quantitative estimate of drug-likeness (QED) is 0.144. The standard InChI is InChI=1S/C12H10ClN5O6S.Na/c1-7-6-10(13)15-11(14-7)16-12(19)17-25(22,23)24-9-4-2-8(3-5-9)18(20)21;/h2-6H,1H3,(H2,14,15,16,17,19);/q;+1/p-1. The predicted octanol–water partition coefficient (Wildman–Crippen LogP) is -2.20. The van der Waals surface area contributed by atoms with Gasteiger partial charge in [0.05, 0.1) is 10.9 Å². The summed E-state index contributed by atoms with van der Waals surface area (Å²) >= 11 is 5.69. The largest absolute Gasteiger partial charge is 1.00 e. The van der Waals surface area contributed by atoms with E-state index in [0.717, 1.165) is 24.3 Å². The molecule has 11 nitrogen and oxygen atoms in total. The zero-order valence-corrected chi connectivity index (χ0v) is 17.0. The molecule has 0 atom stereocenters. The van der Waals surface area contributed by atoms with Gasteiger partial charge in [-0.1, -0.05) is 11.6 Å². The van der Waals surface area contributed by atoms with Gasteiger partial charge < -0.3 is 14.6 Å². The van der Waals surface area contributed by atoms with Crippen LogP contribution in [0.3, 0.4) is 0 Å². The first-order valence-corrected chi connectivity index (χ1v) is 8.13. The molecule has 0 radical (unpaired) electrons. The molecule has 0 unspecified atom stereocenters. The van der Waals surface area contributed by atoms with Gasteiger partial charge in [-0.05, 0) is 25.1 Å². The van der Waals surface area contributed by atoms with Crippen LogP contribution in [0.15, 0.2) is 34.7 Å². The number of halogens is 1. The number of nitro groups is 1. The van der Waals surface area contributed by atoms with Crippen molar-refractivity contribution in [3.05, 3.63) is 51.3 Å². The molecule has 1 aromatic carbocycles. The normalized spacial score (nSPS) is 11.4. The second-order valence-electron chi connectivity index (χ2n) is 4.44. The second kappa shape index (κ2) is 9.09. The molecule has 132 valence electrons. The number of hydrogen-bond donors (Lipinski definition) is 1. The van der Waals surface area contributed by atoms with Crippen molar-refractivity contribution in [3.8, 4) is 5.75 Å². The molecule has 26 heavy (non-hydrogen) atoms. The number of hydrogen-bond acceptors (Lipinski definition) is 8. The van der Waals surface area contributed by atoms with Gasteiger partial charge in [-0.25, -0.2) is 9.97 Å². The van der Waals surface area contributed by atoms with Gasteiger partial charge in [0.2, 0.25) is 5.95 Å². The molecular weight excluding hydrogens is 401 g/mol. The van der Waals surface area contributed by atoms with Crippen LogP contribution in [0.4, 0.5) is 11.6 Å². The van der Waals surface area contributed by atoms with E-state index in [4.69, 9.17) is 11.6 Å². The van der Waals surface area contributed by atoms with Crippen LogP contribution in [0.1, 0.15) is 5.69 Å². The fraction of sp³-hybridized carbons (Fsp3) is 0.0833. The SMILES string of the molecule is Cc1cc(Cl)nc(N/C([O-])=N/S(=O)(=O)Oc2ccc([N+](=O)[O-])cc2)n1.[Na+]. The van der Waals surface area contributed by atoms with E-state index in [-0.39, 0.29) is 52.1 Å². The summed E-state index contributed by atoms with van der Waals surface area (Å²) < 4.78 is 30.8. The Morgan fingerprint density at radius 2 is 1.92 bits per heavy atom. The van der Waals surface area contributed by atoms with Crippen molar-refractivity contribution in [1.29, 1.82) is 0 Å². The predicted molar refractivity (Wildman–Crippen MR) is 85.5 cm³/mol. The van der Waals surface area contributed by atoms with Crippen LogP contribution >= 0.6 is 11.6 Å². The van der Waals surface area contributed by atoms with Gasteiger partial charge >= 0.3 is 39.9 Å². The number of aryl methyl sites for hydroxylation is 1. The Morgan fingerprint density at radius 3 is 2.46 bits per heavy atom. The Bertz CT molecular complexity index is 917. The van der Waals surface area contributed by atoms with E-state index in [1.54, 1.807) is 6.92 Å². The number of nitrogens with zero attached hydrogens (tertiary/aromatic N) is 4. The van der Waals surface area contributed by atoms with Gasteiger partial charge in [0, 0.05) is 17.8 Å². The number of nitrogens with one attached hydrogen (secondary N) is 1. The fourth-order valence-electron chi connectivity index (χ4n) is 1.57. The van der Waals surface area contributed by atoms with Crippen LogP contribution in [0.25, 0.3) is 0 Å². The molecule has 1 aromatic heterocycles. The van der Waals surface area contributed by atoms with Gasteiger partial charge in [0.1, 0.15) is 10.9 Å². The third-order valence-electron chi connectivity index (χ3n) is 2.49. The number of nitro benzene ring substituents is 1. The maximum absolute atomic E-state index is 11.7. The third kappa shape index (κ3) is 6.72. The van der Waals surface area contributed by atoms with E-state index < -0.39 is 21.2 Å². The smallest absolute Gasteiger partial charge is 0.845 e. The summed E-state index contributed by atoms with van der Waals surface area (Å²) in [6, 6.07) is 4.30. The molecule has 0 aliphatic heterocycles. The van der Waals surface area contributed by atoms with E-state index >= 15 is 0 Å². The Morgan fingerprint density at radius 1 is 1.31 bits per heavy atom. The first kappa shape index (κ1) is 22.1. The Labute approximate surface area is 174 Å². The van der Waals surface area contributed by atoms with Crippen LogP contribution in [0.5, 0.6) is 5.75 Å². The van der Waals surface area contributed by atoms with Gasteiger partial charge in [0.15, 0.2) is 0 Å². The minimum Gasteiger partial charge on any atom is -0.845 e. The molecule has 1 heterocycles. The molecule has 0 aliphatic rings. The summed E-state index contributed by atoms with van der Waals surface area (Å²) in [4.78, 5) is 17.4. The molecule has 0 spiro atoms. The molecule has 2 aromatic rings. The fourth-order valence-corrected chi connectivity index (χ4v) is 2.45. The first-order valence-electron chi connectivity index (χ1n) is 6.39. The van der Waals surface area contributed by atoms with E-state index in [2.05, 4.69) is 18.5 Å². The van der Waals surface area contributed by atoms with Crippen molar-refractivity contribution in [2.24, 2.45) is 4.40 Å². The summed E-state index contributed by atoms with van der Waals surface area (Å²) in [7, 11) is -4.65. The second-order valence-corrected chi connectivity index (χ2v) is 6.03. The molecule has 0 saturated heterocycles. The Hall–Kier alpha value is -1.99. The molecule has 0 saturated carbocycles. The average Bonchev–Trinajstić information content (AvgIpc) is 2.45. The van der Waals surface area contributed by atoms with Crippen molar-refractivity contribution < 1.29 is 52.2 Å². The number of non-ortho nitro benzene ring substituents is 1. The Kier molecular flexibility index (Phi) is 7.71. The molecule has 0 aliphatic carbocycles. The van der Waals surface area contributed by atoms with Crippen LogP contribution in [0.2, 0.25) is 5.15 Å². The monoisotopic (exact) mass is 409 g/mol. The van der Waals surface area contributed by atoms with Gasteiger partial charge in [-0.3, -0.25) is 10.1 Å². The first-order chi connectivity index (χ1) is 11.6. The van der Waals surface area contributed by atoms with Gasteiger partial charge in [-0.2, -0.15) is 8.42 Å². The molecule has 1 N–H and O–H groups in total. The van der Waals surface area contributed by atoms with Gasteiger partial charge in [-0.15, -0.1) is 4.40 Å². The average molecular weight is 410 g/mol. The maximum Gasteiger partial charge on any atom is 1.00 e. The number of aromatic nitrogens is 2. The summed E-state index contributed by atoms with van der Waals surface area (Å²) in [6.07, 6.45) is 0. The molecular formula is C12H9ClN5NaO6S. The maximum atomic E-state index is 11.7. The zero-order valence-electron chi connectivity index (χ0n) is 13.4.